The summed E-state index contributed by atoms with van der Waals surface area (Å²) in [5.41, 5.74) is 9.71. The second-order valence-corrected chi connectivity index (χ2v) is 12.3. The van der Waals surface area contributed by atoms with Gasteiger partial charge in [0, 0.05) is 58.1 Å². The Bertz CT molecular complexity index is 2000. The summed E-state index contributed by atoms with van der Waals surface area (Å²) in [5, 5.41) is 13.8. The molecule has 0 saturated heterocycles. The predicted molar refractivity (Wildman–Crippen MR) is 185 cm³/mol. The zero-order valence-corrected chi connectivity index (χ0v) is 28.2. The number of esters is 1. The van der Waals surface area contributed by atoms with E-state index in [1.165, 1.54) is 7.11 Å². The number of carbonyl (C=O) groups excluding carboxylic acids is 2. The molecule has 0 aliphatic carbocycles. The van der Waals surface area contributed by atoms with Gasteiger partial charge in [-0.1, -0.05) is 33.4 Å². The van der Waals surface area contributed by atoms with Crippen molar-refractivity contribution in [3.8, 4) is 0 Å². The van der Waals surface area contributed by atoms with Crippen LogP contribution < -0.4 is 5.32 Å². The van der Waals surface area contributed by atoms with Crippen LogP contribution in [0.2, 0.25) is 0 Å². The van der Waals surface area contributed by atoms with Crippen LogP contribution in [-0.4, -0.2) is 56.5 Å². The second kappa shape index (κ2) is 13.4. The molecule has 0 unspecified atom stereocenters. The average molecular weight is 638 g/mol. The van der Waals surface area contributed by atoms with Crippen LogP contribution in [0.25, 0.3) is 39.3 Å². The first-order valence-electron chi connectivity index (χ1n) is 16.1. The van der Waals surface area contributed by atoms with Gasteiger partial charge < -0.3 is 25.1 Å². The predicted octanol–water partition coefficient (Wildman–Crippen LogP) is 7.13. The summed E-state index contributed by atoms with van der Waals surface area (Å²) in [5.74, 6) is -2.73. The number of allylic oxidation sites excluding steroid dienone is 1. The number of aryl methyl sites for hydroxylation is 3. The number of rotatable bonds is 9. The molecule has 0 radical (unpaired) electrons. The molecule has 5 rings (SSSR count). The monoisotopic (exact) mass is 637 g/mol. The molecule has 0 aromatic carbocycles. The molecule has 3 aromatic rings. The van der Waals surface area contributed by atoms with Gasteiger partial charge in [-0.2, -0.15) is 0 Å². The number of amides is 1. The zero-order valence-electron chi connectivity index (χ0n) is 28.2. The van der Waals surface area contributed by atoms with Crippen molar-refractivity contribution >= 4 is 57.1 Å². The molecule has 0 fully saturated rings. The molecule has 2 aliphatic heterocycles. The van der Waals surface area contributed by atoms with Crippen molar-refractivity contribution in [1.29, 1.82) is 0 Å². The fourth-order valence-electron chi connectivity index (χ4n) is 6.76. The number of ether oxygens (including phenoxy) is 1. The molecule has 47 heavy (non-hydrogen) atoms. The molecule has 5 heterocycles. The highest BCUT2D eigenvalue weighted by atomic mass is 16.5. The van der Waals surface area contributed by atoms with Crippen LogP contribution in [0.3, 0.4) is 0 Å². The molecule has 10 nitrogen and oxygen atoms in total. The molecule has 0 saturated carbocycles. The van der Waals surface area contributed by atoms with E-state index in [1.807, 2.05) is 39.0 Å². The van der Waals surface area contributed by atoms with Crippen LogP contribution in [0, 0.1) is 13.8 Å². The molecule has 10 heteroatoms. The summed E-state index contributed by atoms with van der Waals surface area (Å²) in [4.78, 5) is 56.2. The normalized spacial score (nSPS) is 15.9. The van der Waals surface area contributed by atoms with Gasteiger partial charge in [-0.05, 0) is 80.5 Å². The number of carboxylic acids is 1. The summed E-state index contributed by atoms with van der Waals surface area (Å²) < 4.78 is 4.92. The lowest BCUT2D eigenvalue weighted by molar-refractivity contribution is -0.140. The third-order valence-corrected chi connectivity index (χ3v) is 9.49. The van der Waals surface area contributed by atoms with E-state index in [9.17, 15) is 19.5 Å². The van der Waals surface area contributed by atoms with Crippen LogP contribution in [0.15, 0.2) is 24.8 Å². The maximum absolute atomic E-state index is 13.7. The van der Waals surface area contributed by atoms with Crippen LogP contribution in [-0.2, 0) is 20.7 Å². The van der Waals surface area contributed by atoms with Crippen LogP contribution >= 0.6 is 0 Å². The fourth-order valence-corrected chi connectivity index (χ4v) is 6.76. The van der Waals surface area contributed by atoms with Crippen molar-refractivity contribution in [3.63, 3.8) is 0 Å². The number of aromatic nitrogens is 4. The second-order valence-electron chi connectivity index (χ2n) is 12.3. The first-order valence-corrected chi connectivity index (χ1v) is 16.1. The Morgan fingerprint density at radius 3 is 2.36 bits per heavy atom. The number of aromatic amines is 2. The number of fused-ring (bicyclic) bond motifs is 8. The number of carbonyl (C=O) groups is 3. The minimum atomic E-state index is -1.25. The molecule has 2 atom stereocenters. The Hall–Kier alpha value is -4.99. The number of hydrogen-bond donors (Lipinski definition) is 4. The molecule has 1 amide bonds. The van der Waals surface area contributed by atoms with Gasteiger partial charge in [-0.3, -0.25) is 14.6 Å². The standard InChI is InChI=1S/C37H43N5O5/c1-9-14-38-36(44)32-21(7)28-17-30-23(11-3)19(5)26(40-30)16-29-22(10-2)18(4)25(39-29)15-27-20(6)24(12-13-31(43)47-8)34(41-27)33(37(45)46)35(32)42-28/h10,15-17,20,24,39-40H,2,9,11-14H2,1,3-8H3,(H,38,44)(H,45,46)/t20-,24-/m0/s1. The maximum atomic E-state index is 13.7. The Labute approximate surface area is 274 Å². The quantitative estimate of drug-likeness (QED) is 0.182. The summed E-state index contributed by atoms with van der Waals surface area (Å²) in [6.07, 6.45) is 3.67. The number of carboxylic acid groups (broad SMARTS) is 1. The molecular formula is C37H43N5O5. The highest BCUT2D eigenvalue weighted by molar-refractivity contribution is 6.28. The molecule has 2 aliphatic rings. The molecule has 8 bridgehead atoms. The molecule has 0 spiro atoms. The van der Waals surface area contributed by atoms with Crippen molar-refractivity contribution in [2.45, 2.75) is 79.1 Å². The third kappa shape index (κ3) is 6.00. The Morgan fingerprint density at radius 1 is 1.02 bits per heavy atom. The minimum Gasteiger partial charge on any atom is -0.478 e. The fraction of sp³-hybridized carbons (Fsp3) is 0.378. The van der Waals surface area contributed by atoms with Gasteiger partial charge in [-0.15, -0.1) is 0 Å². The van der Waals surface area contributed by atoms with E-state index in [0.29, 0.717) is 36.3 Å². The number of nitrogens with zero attached hydrogens (tertiary/aromatic N) is 2. The number of aromatic carboxylic acids is 1. The summed E-state index contributed by atoms with van der Waals surface area (Å²) in [7, 11) is 1.33. The minimum absolute atomic E-state index is 0.0672. The summed E-state index contributed by atoms with van der Waals surface area (Å²) in [6, 6.07) is 5.91. The number of methoxy groups -OCH3 is 1. The maximum Gasteiger partial charge on any atom is 0.339 e. The Kier molecular flexibility index (Phi) is 9.51. The lowest BCUT2D eigenvalue weighted by Gasteiger charge is -2.17. The topological polar surface area (TPSA) is 150 Å². The van der Waals surface area contributed by atoms with Gasteiger partial charge in [0.05, 0.1) is 29.8 Å². The third-order valence-electron chi connectivity index (χ3n) is 9.49. The van der Waals surface area contributed by atoms with Crippen LogP contribution in [0.5, 0.6) is 0 Å². The zero-order chi connectivity index (χ0) is 34.2. The SMILES string of the molecule is C=Cc1c(C)c2cc3nc(c(C(=O)O)c4nc(cc5[nH]c(cc1[nH]2)c(C)c5CC)C(C)=C4C(=O)NCCC)[C@@H](CCC(=O)OC)[C@@H]3C. The lowest BCUT2D eigenvalue weighted by Crippen LogP contribution is -2.26. The van der Waals surface area contributed by atoms with E-state index in [1.54, 1.807) is 6.92 Å². The van der Waals surface area contributed by atoms with Crippen molar-refractivity contribution in [1.82, 2.24) is 25.3 Å². The summed E-state index contributed by atoms with van der Waals surface area (Å²) in [6.45, 7) is 16.4. The average Bonchev–Trinajstić information content (AvgIpc) is 3.71. The van der Waals surface area contributed by atoms with E-state index in [-0.39, 0.29) is 34.9 Å². The van der Waals surface area contributed by atoms with Gasteiger partial charge in [0.1, 0.15) is 5.56 Å². The molecule has 246 valence electrons. The van der Waals surface area contributed by atoms with E-state index >= 15 is 0 Å². The van der Waals surface area contributed by atoms with Gasteiger partial charge in [0.2, 0.25) is 0 Å². The van der Waals surface area contributed by atoms with E-state index < -0.39 is 23.8 Å². The van der Waals surface area contributed by atoms with Crippen molar-refractivity contribution in [2.75, 3.05) is 13.7 Å². The number of H-pyrrole nitrogens is 2. The number of hydrogen-bond acceptors (Lipinski definition) is 6. The van der Waals surface area contributed by atoms with Gasteiger partial charge in [0.15, 0.2) is 0 Å². The Morgan fingerprint density at radius 2 is 1.72 bits per heavy atom. The van der Waals surface area contributed by atoms with Crippen molar-refractivity contribution < 1.29 is 24.2 Å². The van der Waals surface area contributed by atoms with Crippen LogP contribution in [0.1, 0.15) is 114 Å². The van der Waals surface area contributed by atoms with Crippen LogP contribution in [0.4, 0.5) is 0 Å². The van der Waals surface area contributed by atoms with E-state index in [0.717, 1.165) is 50.7 Å². The molecule has 3 aromatic heterocycles. The largest absolute Gasteiger partial charge is 0.478 e. The van der Waals surface area contributed by atoms with Crippen molar-refractivity contribution in [3.05, 3.63) is 75.4 Å². The lowest BCUT2D eigenvalue weighted by atomic mass is 9.85. The first-order chi connectivity index (χ1) is 22.4. The summed E-state index contributed by atoms with van der Waals surface area (Å²) >= 11 is 0. The smallest absolute Gasteiger partial charge is 0.339 e. The van der Waals surface area contributed by atoms with Gasteiger partial charge in [0.25, 0.3) is 5.91 Å². The highest BCUT2D eigenvalue weighted by Crippen LogP contribution is 2.43. The molecule has 4 N–H and O–H groups in total. The Balaban J connectivity index is 2.00. The van der Waals surface area contributed by atoms with Gasteiger partial charge in [-0.25, -0.2) is 9.78 Å². The van der Waals surface area contributed by atoms with E-state index in [2.05, 4.69) is 41.8 Å². The van der Waals surface area contributed by atoms with E-state index in [4.69, 9.17) is 14.7 Å². The highest BCUT2D eigenvalue weighted by Gasteiger charge is 2.37. The number of nitrogens with one attached hydrogen (secondary N) is 3. The van der Waals surface area contributed by atoms with Crippen molar-refractivity contribution in [2.24, 2.45) is 0 Å². The first kappa shape index (κ1) is 33.4. The molecular weight excluding hydrogens is 594 g/mol. The van der Waals surface area contributed by atoms with Gasteiger partial charge >= 0.3 is 11.9 Å².